The van der Waals surface area contributed by atoms with Gasteiger partial charge in [0.1, 0.15) is 0 Å². The third-order valence-corrected chi connectivity index (χ3v) is 7.27. The van der Waals surface area contributed by atoms with Gasteiger partial charge in [-0.15, -0.1) is 0 Å². The molecule has 184 valence electrons. The summed E-state index contributed by atoms with van der Waals surface area (Å²) in [4.78, 5) is 28.6. The maximum atomic E-state index is 12.6. The van der Waals surface area contributed by atoms with Crippen molar-refractivity contribution in [3.05, 3.63) is 87.2 Å². The van der Waals surface area contributed by atoms with Gasteiger partial charge in [-0.3, -0.25) is 24.6 Å². The quantitative estimate of drug-likeness (QED) is 0.360. The number of hydrogen-bond acceptors (Lipinski definition) is 5. The van der Waals surface area contributed by atoms with Crippen LogP contribution in [0, 0.1) is 13.8 Å². The van der Waals surface area contributed by atoms with Gasteiger partial charge in [-0.25, -0.2) is 0 Å². The molecule has 4 heterocycles. The van der Waals surface area contributed by atoms with Gasteiger partial charge in [0.05, 0.1) is 39.1 Å². The first-order valence-corrected chi connectivity index (χ1v) is 12.9. The molecule has 0 saturated carbocycles. The summed E-state index contributed by atoms with van der Waals surface area (Å²) in [5, 5.41) is 3.45. The number of unbranched alkanes of at least 4 members (excludes halogenated alkanes) is 1. The summed E-state index contributed by atoms with van der Waals surface area (Å²) >= 11 is 12.2. The van der Waals surface area contributed by atoms with E-state index in [4.69, 9.17) is 33.2 Å². The standard InChI is InChI=1S/C27H31Cl2N5O/c1-18-8-6-13-31-25(18)22-10-5-11-23(26-19(2)9-7-14-32-26)34(22)15-4-3-12-33-27(35)24-20(28)16-30-17-21(24)29/h6-9,13-14,16-17,22-23H,3-5,10-12,15H2,1-2H3,(H,33,35)/t22-,23+. The van der Waals surface area contributed by atoms with Crippen molar-refractivity contribution in [3.63, 3.8) is 0 Å². The smallest absolute Gasteiger partial charge is 0.254 e. The molecular weight excluding hydrogens is 481 g/mol. The van der Waals surface area contributed by atoms with E-state index in [-0.39, 0.29) is 33.6 Å². The van der Waals surface area contributed by atoms with Gasteiger partial charge < -0.3 is 5.32 Å². The monoisotopic (exact) mass is 511 g/mol. The third kappa shape index (κ3) is 6.00. The number of carbonyl (C=O) groups excluding carboxylic acids is 1. The Morgan fingerprint density at radius 2 is 1.54 bits per heavy atom. The number of aryl methyl sites for hydroxylation is 2. The van der Waals surface area contributed by atoms with Crippen LogP contribution < -0.4 is 5.32 Å². The molecule has 1 N–H and O–H groups in total. The summed E-state index contributed by atoms with van der Waals surface area (Å²) in [5.41, 5.74) is 5.02. The molecule has 8 heteroatoms. The zero-order chi connectivity index (χ0) is 24.8. The summed E-state index contributed by atoms with van der Waals surface area (Å²) in [7, 11) is 0. The van der Waals surface area contributed by atoms with Crippen LogP contribution in [-0.4, -0.2) is 38.8 Å². The van der Waals surface area contributed by atoms with Gasteiger partial charge >= 0.3 is 0 Å². The highest BCUT2D eigenvalue weighted by atomic mass is 35.5. The summed E-state index contributed by atoms with van der Waals surface area (Å²) < 4.78 is 0. The fraction of sp³-hybridized carbons (Fsp3) is 0.407. The van der Waals surface area contributed by atoms with Crippen LogP contribution in [0.2, 0.25) is 10.0 Å². The van der Waals surface area contributed by atoms with Crippen molar-refractivity contribution in [3.8, 4) is 0 Å². The highest BCUT2D eigenvalue weighted by Gasteiger charge is 2.34. The number of likely N-dealkylation sites (tertiary alicyclic amines) is 1. The summed E-state index contributed by atoms with van der Waals surface area (Å²) in [6, 6.07) is 8.77. The van der Waals surface area contributed by atoms with Crippen molar-refractivity contribution in [2.75, 3.05) is 13.1 Å². The van der Waals surface area contributed by atoms with Crippen LogP contribution in [0.5, 0.6) is 0 Å². The van der Waals surface area contributed by atoms with E-state index in [1.165, 1.54) is 23.5 Å². The Bertz CT molecular complexity index is 1100. The molecule has 0 bridgehead atoms. The first-order valence-electron chi connectivity index (χ1n) is 12.1. The molecule has 1 amide bonds. The second-order valence-electron chi connectivity index (χ2n) is 9.05. The molecule has 1 aliphatic rings. The van der Waals surface area contributed by atoms with Crippen LogP contribution in [0.15, 0.2) is 49.1 Å². The number of halogens is 2. The van der Waals surface area contributed by atoms with Gasteiger partial charge in [0.2, 0.25) is 0 Å². The minimum absolute atomic E-state index is 0.250. The Morgan fingerprint density at radius 3 is 2.09 bits per heavy atom. The van der Waals surface area contributed by atoms with E-state index in [1.54, 1.807) is 0 Å². The van der Waals surface area contributed by atoms with E-state index in [0.29, 0.717) is 6.54 Å². The van der Waals surface area contributed by atoms with E-state index < -0.39 is 0 Å². The molecule has 0 unspecified atom stereocenters. The van der Waals surface area contributed by atoms with Gasteiger partial charge in [-0.05, 0) is 75.8 Å². The van der Waals surface area contributed by atoms with Crippen LogP contribution in [0.25, 0.3) is 0 Å². The number of nitrogens with zero attached hydrogens (tertiary/aromatic N) is 4. The lowest BCUT2D eigenvalue weighted by Crippen LogP contribution is -2.38. The molecule has 0 aliphatic carbocycles. The molecule has 1 aliphatic heterocycles. The molecule has 3 aromatic heterocycles. The van der Waals surface area contributed by atoms with Crippen molar-refractivity contribution in [2.24, 2.45) is 0 Å². The zero-order valence-corrected chi connectivity index (χ0v) is 21.7. The molecule has 0 radical (unpaired) electrons. The van der Waals surface area contributed by atoms with E-state index in [9.17, 15) is 4.79 Å². The average molecular weight is 512 g/mol. The first-order chi connectivity index (χ1) is 17.0. The number of rotatable bonds is 8. The van der Waals surface area contributed by atoms with Gasteiger partial charge in [-0.1, -0.05) is 35.3 Å². The van der Waals surface area contributed by atoms with Crippen molar-refractivity contribution < 1.29 is 4.79 Å². The number of piperidine rings is 1. The van der Waals surface area contributed by atoms with Crippen molar-refractivity contribution in [2.45, 2.75) is 58.0 Å². The molecule has 3 aromatic rings. The van der Waals surface area contributed by atoms with Crippen molar-refractivity contribution in [1.29, 1.82) is 0 Å². The van der Waals surface area contributed by atoms with E-state index >= 15 is 0 Å². The van der Waals surface area contributed by atoms with Gasteiger partial charge in [0, 0.05) is 31.3 Å². The lowest BCUT2D eigenvalue weighted by molar-refractivity contribution is 0.0740. The molecular formula is C27H31Cl2N5O. The third-order valence-electron chi connectivity index (χ3n) is 6.70. The van der Waals surface area contributed by atoms with E-state index in [1.807, 2.05) is 24.5 Å². The lowest BCUT2D eigenvalue weighted by Gasteiger charge is -2.42. The van der Waals surface area contributed by atoms with Crippen LogP contribution in [0.3, 0.4) is 0 Å². The fourth-order valence-electron chi connectivity index (χ4n) is 4.98. The highest BCUT2D eigenvalue weighted by Crippen LogP contribution is 2.42. The molecule has 1 saturated heterocycles. The normalized spacial score (nSPS) is 18.4. The maximum Gasteiger partial charge on any atom is 0.254 e. The Labute approximate surface area is 217 Å². The van der Waals surface area contributed by atoms with Crippen LogP contribution in [0.1, 0.15) is 77.1 Å². The maximum absolute atomic E-state index is 12.6. The average Bonchev–Trinajstić information content (AvgIpc) is 2.84. The first kappa shape index (κ1) is 25.5. The molecule has 4 rings (SSSR count). The second-order valence-corrected chi connectivity index (χ2v) is 9.87. The molecule has 0 spiro atoms. The van der Waals surface area contributed by atoms with Crippen LogP contribution in [0.4, 0.5) is 0 Å². The number of pyridine rings is 3. The lowest BCUT2D eigenvalue weighted by atomic mass is 9.88. The summed E-state index contributed by atoms with van der Waals surface area (Å²) in [5.74, 6) is -0.274. The molecule has 1 fully saturated rings. The topological polar surface area (TPSA) is 71.0 Å². The number of hydrogen-bond donors (Lipinski definition) is 1. The van der Waals surface area contributed by atoms with Gasteiger partial charge in [0.15, 0.2) is 0 Å². The molecule has 6 nitrogen and oxygen atoms in total. The van der Waals surface area contributed by atoms with Crippen LogP contribution >= 0.6 is 23.2 Å². The molecule has 0 aromatic carbocycles. The SMILES string of the molecule is Cc1cccnc1[C@H]1CCC[C@@H](c2ncccc2C)N1CCCCNC(=O)c1c(Cl)cncc1Cl. The summed E-state index contributed by atoms with van der Waals surface area (Å²) in [6.45, 7) is 5.72. The van der Waals surface area contributed by atoms with Crippen LogP contribution in [-0.2, 0) is 0 Å². The largest absolute Gasteiger partial charge is 0.352 e. The van der Waals surface area contributed by atoms with Crippen molar-refractivity contribution in [1.82, 2.24) is 25.2 Å². The number of aromatic nitrogens is 3. The minimum atomic E-state index is -0.274. The second kappa shape index (κ2) is 11.9. The van der Waals surface area contributed by atoms with Crippen molar-refractivity contribution >= 4 is 29.1 Å². The Balaban J connectivity index is 1.45. The highest BCUT2D eigenvalue weighted by molar-refractivity contribution is 6.39. The minimum Gasteiger partial charge on any atom is -0.352 e. The Kier molecular flexibility index (Phi) is 8.71. The molecule has 35 heavy (non-hydrogen) atoms. The number of nitrogens with one attached hydrogen (secondary N) is 1. The number of amides is 1. The predicted molar refractivity (Wildman–Crippen MR) is 140 cm³/mol. The number of carbonyl (C=O) groups is 1. The van der Waals surface area contributed by atoms with Gasteiger partial charge in [0.25, 0.3) is 5.91 Å². The Morgan fingerprint density at radius 1 is 0.971 bits per heavy atom. The van der Waals surface area contributed by atoms with E-state index in [2.05, 4.69) is 41.2 Å². The fourth-order valence-corrected chi connectivity index (χ4v) is 5.52. The molecule has 2 atom stereocenters. The zero-order valence-electron chi connectivity index (χ0n) is 20.2. The Hall–Kier alpha value is -2.54. The predicted octanol–water partition coefficient (Wildman–Crippen LogP) is 6.27. The van der Waals surface area contributed by atoms with Gasteiger partial charge in [-0.2, -0.15) is 0 Å². The van der Waals surface area contributed by atoms with E-state index in [0.717, 1.165) is 50.0 Å². The summed E-state index contributed by atoms with van der Waals surface area (Å²) in [6.07, 6.45) is 11.7.